The van der Waals surface area contributed by atoms with Crippen molar-refractivity contribution in [1.29, 1.82) is 0 Å². The van der Waals surface area contributed by atoms with Crippen LogP contribution in [0.2, 0.25) is 0 Å². The van der Waals surface area contributed by atoms with Crippen LogP contribution >= 0.6 is 0 Å². The average molecular weight is 483 g/mol. The first kappa shape index (κ1) is 23.5. The molecule has 2 aromatic heterocycles. The lowest BCUT2D eigenvalue weighted by atomic mass is 10.0. The van der Waals surface area contributed by atoms with E-state index in [0.29, 0.717) is 12.1 Å². The van der Waals surface area contributed by atoms with Gasteiger partial charge in [-0.05, 0) is 42.2 Å². The molecule has 7 heteroatoms. The molecule has 1 atom stereocenters. The summed E-state index contributed by atoms with van der Waals surface area (Å²) in [6.45, 7) is 2.25. The van der Waals surface area contributed by atoms with Gasteiger partial charge in [-0.2, -0.15) is 5.10 Å². The van der Waals surface area contributed by atoms with Crippen LogP contribution in [0.25, 0.3) is 21.8 Å². The van der Waals surface area contributed by atoms with E-state index in [-0.39, 0.29) is 29.9 Å². The van der Waals surface area contributed by atoms with Crippen molar-refractivity contribution < 1.29 is 9.18 Å². The Morgan fingerprint density at radius 3 is 2.42 bits per heavy atom. The molecule has 5 rings (SSSR count). The molecule has 1 unspecified atom stereocenters. The largest absolute Gasteiger partial charge is 0.351 e. The number of benzene rings is 3. The number of carbonyl (C=O) groups excluding carboxylic acids is 1. The van der Waals surface area contributed by atoms with E-state index in [0.717, 1.165) is 40.3 Å². The molecular weight excluding hydrogens is 455 g/mol. The van der Waals surface area contributed by atoms with Crippen molar-refractivity contribution in [3.8, 4) is 0 Å². The normalized spacial score (nSPS) is 12.2. The molecule has 3 aromatic carbocycles. The molecule has 0 radical (unpaired) electrons. The molecule has 0 fully saturated rings. The van der Waals surface area contributed by atoms with Crippen molar-refractivity contribution in [2.75, 3.05) is 0 Å². The van der Waals surface area contributed by atoms with E-state index >= 15 is 0 Å². The summed E-state index contributed by atoms with van der Waals surface area (Å²) in [5.74, 6) is -0.566. The van der Waals surface area contributed by atoms with E-state index in [9.17, 15) is 14.0 Å². The summed E-state index contributed by atoms with van der Waals surface area (Å²) in [4.78, 5) is 26.5. The van der Waals surface area contributed by atoms with Crippen LogP contribution in [0.5, 0.6) is 0 Å². The lowest BCUT2D eigenvalue weighted by Crippen LogP contribution is -2.40. The number of nitrogens with zero attached hydrogens (tertiary/aromatic N) is 3. The third kappa shape index (κ3) is 4.77. The Hall–Kier alpha value is -4.26. The van der Waals surface area contributed by atoms with Crippen LogP contribution in [-0.2, 0) is 24.3 Å². The minimum Gasteiger partial charge on any atom is -0.351 e. The fourth-order valence-electron chi connectivity index (χ4n) is 4.65. The average Bonchev–Trinajstić information content (AvgIpc) is 3.21. The highest BCUT2D eigenvalue weighted by atomic mass is 19.1. The fourth-order valence-corrected chi connectivity index (χ4v) is 4.65. The monoisotopic (exact) mass is 482 g/mol. The van der Waals surface area contributed by atoms with Crippen LogP contribution in [0.1, 0.15) is 24.5 Å². The predicted octanol–water partition coefficient (Wildman–Crippen LogP) is 4.68. The summed E-state index contributed by atoms with van der Waals surface area (Å²) >= 11 is 0. The molecule has 5 aromatic rings. The van der Waals surface area contributed by atoms with Gasteiger partial charge in [-0.15, -0.1) is 0 Å². The molecule has 36 heavy (non-hydrogen) atoms. The molecule has 1 amide bonds. The van der Waals surface area contributed by atoms with Crippen LogP contribution in [0, 0.1) is 5.82 Å². The minimum absolute atomic E-state index is 0.0377. The maximum Gasteiger partial charge on any atom is 0.291 e. The molecule has 6 nitrogen and oxygen atoms in total. The number of rotatable bonds is 8. The van der Waals surface area contributed by atoms with Crippen molar-refractivity contribution in [1.82, 2.24) is 19.7 Å². The molecule has 0 saturated carbocycles. The van der Waals surface area contributed by atoms with Crippen LogP contribution in [0.3, 0.4) is 0 Å². The zero-order chi connectivity index (χ0) is 25.1. The number of aromatic nitrogens is 3. The van der Waals surface area contributed by atoms with Gasteiger partial charge >= 0.3 is 0 Å². The molecule has 0 aliphatic carbocycles. The molecule has 0 bridgehead atoms. The first-order valence-corrected chi connectivity index (χ1v) is 12.1. The number of para-hydroxylation sites is 1. The lowest BCUT2D eigenvalue weighted by molar-refractivity contribution is -0.122. The number of hydrogen-bond acceptors (Lipinski definition) is 3. The smallest absolute Gasteiger partial charge is 0.291 e. The second kappa shape index (κ2) is 10.2. The zero-order valence-corrected chi connectivity index (χ0v) is 20.0. The topological polar surface area (TPSA) is 68.9 Å². The van der Waals surface area contributed by atoms with Crippen molar-refractivity contribution in [3.63, 3.8) is 0 Å². The quantitative estimate of drug-likeness (QED) is 0.349. The number of halogens is 1. The second-order valence-corrected chi connectivity index (χ2v) is 8.96. The molecular formula is C29H27FN4O2. The van der Waals surface area contributed by atoms with E-state index in [2.05, 4.69) is 10.4 Å². The molecule has 182 valence electrons. The highest BCUT2D eigenvalue weighted by molar-refractivity contribution is 6.07. The van der Waals surface area contributed by atoms with E-state index in [1.807, 2.05) is 66.1 Å². The number of nitrogens with one attached hydrogen (secondary N) is 1. The van der Waals surface area contributed by atoms with Crippen LogP contribution in [0.15, 0.2) is 89.9 Å². The van der Waals surface area contributed by atoms with Crippen molar-refractivity contribution >= 4 is 27.7 Å². The summed E-state index contributed by atoms with van der Waals surface area (Å²) in [6.07, 6.45) is 3.14. The number of carbonyl (C=O) groups is 1. The van der Waals surface area contributed by atoms with Gasteiger partial charge in [0, 0.05) is 28.9 Å². The van der Waals surface area contributed by atoms with Gasteiger partial charge in [0.25, 0.3) is 5.56 Å². The van der Waals surface area contributed by atoms with E-state index < -0.39 is 0 Å². The van der Waals surface area contributed by atoms with Gasteiger partial charge in [-0.1, -0.05) is 67.6 Å². The van der Waals surface area contributed by atoms with Crippen LogP contribution < -0.4 is 10.9 Å². The SMILES string of the molecule is CCC(Cc1ccccc1)NC(=O)Cn1ncc2c3ccccc3n(Cc3ccc(F)cc3)c2c1=O. The van der Waals surface area contributed by atoms with E-state index in [1.54, 1.807) is 18.3 Å². The fraction of sp³-hybridized carbons (Fsp3) is 0.207. The summed E-state index contributed by atoms with van der Waals surface area (Å²) in [5, 5.41) is 9.00. The van der Waals surface area contributed by atoms with E-state index in [4.69, 9.17) is 0 Å². The second-order valence-electron chi connectivity index (χ2n) is 8.96. The summed E-state index contributed by atoms with van der Waals surface area (Å²) in [7, 11) is 0. The Balaban J connectivity index is 1.46. The maximum absolute atomic E-state index is 13.6. The maximum atomic E-state index is 13.6. The Bertz CT molecular complexity index is 1570. The molecule has 1 N–H and O–H groups in total. The van der Waals surface area contributed by atoms with Gasteiger partial charge in [0.1, 0.15) is 17.9 Å². The summed E-state index contributed by atoms with van der Waals surface area (Å²) < 4.78 is 16.6. The van der Waals surface area contributed by atoms with Gasteiger partial charge in [-0.25, -0.2) is 9.07 Å². The Morgan fingerprint density at radius 1 is 0.944 bits per heavy atom. The Morgan fingerprint density at radius 2 is 1.67 bits per heavy atom. The third-order valence-corrected chi connectivity index (χ3v) is 6.50. The van der Waals surface area contributed by atoms with Gasteiger partial charge in [0.15, 0.2) is 0 Å². The van der Waals surface area contributed by atoms with Crippen LogP contribution in [0.4, 0.5) is 4.39 Å². The Kier molecular flexibility index (Phi) is 6.62. The minimum atomic E-state index is -0.336. The first-order chi connectivity index (χ1) is 17.5. The highest BCUT2D eigenvalue weighted by Gasteiger charge is 2.18. The number of hydrogen-bond donors (Lipinski definition) is 1. The number of fused-ring (bicyclic) bond motifs is 3. The van der Waals surface area contributed by atoms with Crippen molar-refractivity contribution in [2.45, 2.75) is 38.9 Å². The summed E-state index contributed by atoms with van der Waals surface area (Å²) in [6, 6.07) is 23.9. The predicted molar refractivity (Wildman–Crippen MR) is 139 cm³/mol. The molecule has 0 aliphatic heterocycles. The molecule has 0 spiro atoms. The van der Waals surface area contributed by atoms with Gasteiger partial charge < -0.3 is 9.88 Å². The highest BCUT2D eigenvalue weighted by Crippen LogP contribution is 2.27. The van der Waals surface area contributed by atoms with Crippen LogP contribution in [-0.4, -0.2) is 26.3 Å². The number of amides is 1. The Labute approximate surface area is 208 Å². The van der Waals surface area contributed by atoms with Crippen molar-refractivity contribution in [2.24, 2.45) is 0 Å². The third-order valence-electron chi connectivity index (χ3n) is 6.50. The standard InChI is InChI=1S/C29H27FN4O2/c1-2-23(16-20-8-4-3-5-9-20)32-27(35)19-34-29(36)28-25(17-31-34)24-10-6-7-11-26(24)33(28)18-21-12-14-22(30)15-13-21/h3-15,17,23H,2,16,18-19H2,1H3,(H,32,35). The molecule has 0 saturated heterocycles. The lowest BCUT2D eigenvalue weighted by Gasteiger charge is -2.17. The van der Waals surface area contributed by atoms with E-state index in [1.165, 1.54) is 16.8 Å². The van der Waals surface area contributed by atoms with Gasteiger partial charge in [-0.3, -0.25) is 9.59 Å². The van der Waals surface area contributed by atoms with Crippen molar-refractivity contribution in [3.05, 3.63) is 112 Å². The first-order valence-electron chi connectivity index (χ1n) is 12.1. The zero-order valence-electron chi connectivity index (χ0n) is 20.0. The molecule has 2 heterocycles. The summed E-state index contributed by atoms with van der Waals surface area (Å²) in [5.41, 5.74) is 3.03. The van der Waals surface area contributed by atoms with Gasteiger partial charge in [0.2, 0.25) is 5.91 Å². The molecule has 0 aliphatic rings. The van der Waals surface area contributed by atoms with Gasteiger partial charge in [0.05, 0.1) is 6.20 Å².